The average molecular weight is 347 g/mol. The van der Waals surface area contributed by atoms with Crippen LogP contribution in [0, 0.1) is 12.7 Å². The zero-order valence-corrected chi connectivity index (χ0v) is 14.1. The lowest BCUT2D eigenvalue weighted by Crippen LogP contribution is -2.33. The Hall–Kier alpha value is -2.38. The first kappa shape index (κ1) is 16.5. The lowest BCUT2D eigenvalue weighted by atomic mass is 9.96. The first-order valence-electron chi connectivity index (χ1n) is 7.31. The number of nitrogens with two attached hydrogens (primary N) is 2. The standard InChI is InChI=1S/C17H18FN3O2S/c1-10-3-5-13-12(16(10)19)7-8-21(17(13)20)15-9-11(24(2,22)23)4-6-14(15)18/h3-9,17H,19-20H2,1-2H3. The largest absolute Gasteiger partial charge is 0.398 e. The summed E-state index contributed by atoms with van der Waals surface area (Å²) in [6.45, 7) is 1.90. The van der Waals surface area contributed by atoms with Crippen molar-refractivity contribution < 1.29 is 12.8 Å². The summed E-state index contributed by atoms with van der Waals surface area (Å²) in [6.07, 6.45) is 3.78. The summed E-state index contributed by atoms with van der Waals surface area (Å²) < 4.78 is 37.8. The fourth-order valence-corrected chi connectivity index (χ4v) is 3.40. The summed E-state index contributed by atoms with van der Waals surface area (Å²) in [7, 11) is -3.45. The highest BCUT2D eigenvalue weighted by Gasteiger charge is 2.25. The Labute approximate surface area is 140 Å². The van der Waals surface area contributed by atoms with Crippen LogP contribution in [0.1, 0.15) is 22.9 Å². The Kier molecular flexibility index (Phi) is 3.85. The van der Waals surface area contributed by atoms with Crippen molar-refractivity contribution in [1.82, 2.24) is 0 Å². The monoisotopic (exact) mass is 347 g/mol. The molecular formula is C17H18FN3O2S. The summed E-state index contributed by atoms with van der Waals surface area (Å²) in [6, 6.07) is 7.36. The summed E-state index contributed by atoms with van der Waals surface area (Å²) in [5.74, 6) is -0.550. The predicted molar refractivity (Wildman–Crippen MR) is 93.5 cm³/mol. The highest BCUT2D eigenvalue weighted by Crippen LogP contribution is 2.36. The van der Waals surface area contributed by atoms with Gasteiger partial charge in [-0.25, -0.2) is 12.8 Å². The summed E-state index contributed by atoms with van der Waals surface area (Å²) in [5, 5.41) is 0. The molecule has 1 atom stereocenters. The van der Waals surface area contributed by atoms with Gasteiger partial charge in [-0.2, -0.15) is 0 Å². The molecule has 1 aliphatic rings. The summed E-state index contributed by atoms with van der Waals surface area (Å²) in [5.41, 5.74) is 15.6. The van der Waals surface area contributed by atoms with Gasteiger partial charge < -0.3 is 16.4 Å². The fraction of sp³-hybridized carbons (Fsp3) is 0.176. The molecule has 7 heteroatoms. The lowest BCUT2D eigenvalue weighted by Gasteiger charge is -2.33. The van der Waals surface area contributed by atoms with Crippen molar-refractivity contribution in [2.75, 3.05) is 16.9 Å². The smallest absolute Gasteiger partial charge is 0.175 e. The van der Waals surface area contributed by atoms with Gasteiger partial charge >= 0.3 is 0 Å². The second-order valence-corrected chi connectivity index (χ2v) is 7.87. The summed E-state index contributed by atoms with van der Waals surface area (Å²) in [4.78, 5) is 1.54. The Balaban J connectivity index is 2.12. The van der Waals surface area contributed by atoms with Crippen LogP contribution in [0.3, 0.4) is 0 Å². The van der Waals surface area contributed by atoms with Crippen LogP contribution >= 0.6 is 0 Å². The van der Waals surface area contributed by atoms with E-state index in [9.17, 15) is 12.8 Å². The number of aryl methyl sites for hydroxylation is 1. The van der Waals surface area contributed by atoms with Crippen molar-refractivity contribution in [3.8, 4) is 0 Å². The van der Waals surface area contributed by atoms with Gasteiger partial charge in [-0.15, -0.1) is 0 Å². The zero-order chi connectivity index (χ0) is 17.6. The molecule has 126 valence electrons. The van der Waals surface area contributed by atoms with Crippen molar-refractivity contribution in [2.45, 2.75) is 18.0 Å². The van der Waals surface area contributed by atoms with Crippen molar-refractivity contribution in [3.63, 3.8) is 0 Å². The van der Waals surface area contributed by atoms with Gasteiger partial charge in [0, 0.05) is 23.7 Å². The minimum Gasteiger partial charge on any atom is -0.398 e. The maximum absolute atomic E-state index is 14.3. The van der Waals surface area contributed by atoms with E-state index < -0.39 is 21.8 Å². The molecule has 0 aliphatic carbocycles. The fourth-order valence-electron chi connectivity index (χ4n) is 2.75. The van der Waals surface area contributed by atoms with Crippen LogP contribution in [-0.4, -0.2) is 14.7 Å². The van der Waals surface area contributed by atoms with Crippen LogP contribution in [0.4, 0.5) is 15.8 Å². The molecule has 5 nitrogen and oxygen atoms in total. The van der Waals surface area contributed by atoms with Crippen molar-refractivity contribution in [3.05, 3.63) is 59.0 Å². The quantitative estimate of drug-likeness (QED) is 0.644. The molecule has 0 bridgehead atoms. The van der Waals surface area contributed by atoms with E-state index in [4.69, 9.17) is 11.5 Å². The van der Waals surface area contributed by atoms with Crippen LogP contribution in [0.5, 0.6) is 0 Å². The number of nitrogens with zero attached hydrogens (tertiary/aromatic N) is 1. The second-order valence-electron chi connectivity index (χ2n) is 5.85. The van der Waals surface area contributed by atoms with Gasteiger partial charge in [-0.1, -0.05) is 12.1 Å². The van der Waals surface area contributed by atoms with E-state index in [1.54, 1.807) is 12.3 Å². The van der Waals surface area contributed by atoms with Gasteiger partial charge in [-0.3, -0.25) is 0 Å². The van der Waals surface area contributed by atoms with Crippen LogP contribution in [-0.2, 0) is 9.84 Å². The molecular weight excluding hydrogens is 329 g/mol. The Morgan fingerprint density at radius 2 is 1.92 bits per heavy atom. The molecule has 1 aliphatic heterocycles. The van der Waals surface area contributed by atoms with E-state index >= 15 is 0 Å². The molecule has 3 rings (SSSR count). The maximum atomic E-state index is 14.3. The zero-order valence-electron chi connectivity index (χ0n) is 13.3. The third-order valence-electron chi connectivity index (χ3n) is 4.18. The van der Waals surface area contributed by atoms with Crippen molar-refractivity contribution in [2.24, 2.45) is 5.73 Å². The van der Waals surface area contributed by atoms with Crippen molar-refractivity contribution in [1.29, 1.82) is 0 Å². The molecule has 0 saturated heterocycles. The van der Waals surface area contributed by atoms with Gasteiger partial charge in [-0.05, 0) is 42.3 Å². The SMILES string of the molecule is Cc1ccc2c(c1N)C=CN(c1cc(S(C)(=O)=O)ccc1F)C2N. The molecule has 4 N–H and O–H groups in total. The first-order chi connectivity index (χ1) is 11.2. The van der Waals surface area contributed by atoms with E-state index in [1.165, 1.54) is 17.0 Å². The van der Waals surface area contributed by atoms with Gasteiger partial charge in [0.15, 0.2) is 9.84 Å². The van der Waals surface area contributed by atoms with Crippen LogP contribution < -0.4 is 16.4 Å². The van der Waals surface area contributed by atoms with Crippen LogP contribution in [0.2, 0.25) is 0 Å². The number of halogens is 1. The van der Waals surface area contributed by atoms with E-state index in [-0.39, 0.29) is 10.6 Å². The molecule has 24 heavy (non-hydrogen) atoms. The van der Waals surface area contributed by atoms with Gasteiger partial charge in [0.1, 0.15) is 12.0 Å². The number of hydrogen-bond donors (Lipinski definition) is 2. The molecule has 1 unspecified atom stereocenters. The Bertz CT molecular complexity index is 955. The molecule has 0 spiro atoms. The van der Waals surface area contributed by atoms with E-state index in [2.05, 4.69) is 0 Å². The average Bonchev–Trinajstić information content (AvgIpc) is 2.51. The van der Waals surface area contributed by atoms with Gasteiger partial charge in [0.2, 0.25) is 0 Å². The van der Waals surface area contributed by atoms with Crippen LogP contribution in [0.25, 0.3) is 6.08 Å². The molecule has 2 aromatic carbocycles. The van der Waals surface area contributed by atoms with Gasteiger partial charge in [0.25, 0.3) is 0 Å². The molecule has 0 aromatic heterocycles. The molecule has 2 aromatic rings. The second kappa shape index (κ2) is 5.61. The molecule has 0 radical (unpaired) electrons. The Morgan fingerprint density at radius 3 is 2.58 bits per heavy atom. The normalized spacial score (nSPS) is 17.0. The summed E-state index contributed by atoms with van der Waals surface area (Å²) >= 11 is 0. The molecule has 0 fully saturated rings. The number of hydrogen-bond acceptors (Lipinski definition) is 5. The highest BCUT2D eigenvalue weighted by molar-refractivity contribution is 7.90. The first-order valence-corrected chi connectivity index (χ1v) is 9.20. The lowest BCUT2D eigenvalue weighted by molar-refractivity contribution is 0.597. The number of nitrogen functional groups attached to an aromatic ring is 1. The minimum absolute atomic E-state index is 0.0358. The third-order valence-corrected chi connectivity index (χ3v) is 5.29. The highest BCUT2D eigenvalue weighted by atomic mass is 32.2. The number of anilines is 2. The van der Waals surface area contributed by atoms with Crippen LogP contribution in [0.15, 0.2) is 41.4 Å². The van der Waals surface area contributed by atoms with Gasteiger partial charge in [0.05, 0.1) is 10.6 Å². The number of fused-ring (bicyclic) bond motifs is 1. The van der Waals surface area contributed by atoms with E-state index in [1.807, 2.05) is 19.1 Å². The maximum Gasteiger partial charge on any atom is 0.175 e. The molecule has 0 saturated carbocycles. The molecule has 1 heterocycles. The number of rotatable bonds is 2. The minimum atomic E-state index is -3.45. The topological polar surface area (TPSA) is 89.4 Å². The predicted octanol–water partition coefficient (Wildman–Crippen LogP) is 2.57. The van der Waals surface area contributed by atoms with Crippen molar-refractivity contribution >= 4 is 27.3 Å². The molecule has 0 amide bonds. The number of benzene rings is 2. The Morgan fingerprint density at radius 1 is 1.21 bits per heavy atom. The third kappa shape index (κ3) is 2.65. The number of sulfone groups is 1. The van der Waals surface area contributed by atoms with E-state index in [0.29, 0.717) is 5.69 Å². The van der Waals surface area contributed by atoms with E-state index in [0.717, 1.165) is 29.0 Å².